The summed E-state index contributed by atoms with van der Waals surface area (Å²) < 4.78 is 12.2. The lowest BCUT2D eigenvalue weighted by atomic mass is 10.0. The molecule has 4 rings (SSSR count). The maximum Gasteiger partial charge on any atom is 0.273 e. The Morgan fingerprint density at radius 3 is 2.96 bits per heavy atom. The Labute approximate surface area is 142 Å². The maximum absolute atomic E-state index is 12.8. The minimum atomic E-state index is -0.0372. The Kier molecular flexibility index (Phi) is 4.76. The highest BCUT2D eigenvalue weighted by Gasteiger charge is 2.47. The lowest BCUT2D eigenvalue weighted by molar-refractivity contribution is -0.0821. The highest BCUT2D eigenvalue weighted by Crippen LogP contribution is 2.33. The molecule has 3 atom stereocenters. The van der Waals surface area contributed by atoms with Crippen LogP contribution in [0.2, 0.25) is 0 Å². The van der Waals surface area contributed by atoms with Crippen molar-refractivity contribution >= 4 is 5.91 Å². The van der Waals surface area contributed by atoms with Crippen LogP contribution in [0.1, 0.15) is 49.0 Å². The molecular weight excluding hydrogens is 306 g/mol. The van der Waals surface area contributed by atoms with E-state index in [1.165, 1.54) is 32.0 Å². The fraction of sp³-hybridized carbons (Fsp3) is 0.722. The molecule has 1 aromatic rings. The second-order valence-electron chi connectivity index (χ2n) is 7.12. The molecule has 6 nitrogen and oxygen atoms in total. The molecule has 2 aliphatic heterocycles. The van der Waals surface area contributed by atoms with E-state index in [0.29, 0.717) is 18.2 Å². The van der Waals surface area contributed by atoms with Gasteiger partial charge in [-0.1, -0.05) is 12.8 Å². The van der Waals surface area contributed by atoms with E-state index in [1.54, 1.807) is 12.3 Å². The molecule has 0 bridgehead atoms. The zero-order valence-corrected chi connectivity index (χ0v) is 14.0. The van der Waals surface area contributed by atoms with Gasteiger partial charge >= 0.3 is 0 Å². The molecule has 1 aromatic heterocycles. The maximum atomic E-state index is 12.8. The van der Waals surface area contributed by atoms with Crippen molar-refractivity contribution in [2.45, 2.75) is 56.8 Å². The van der Waals surface area contributed by atoms with Gasteiger partial charge < -0.3 is 14.4 Å². The average Bonchev–Trinajstić information content (AvgIpc) is 3.28. The number of fused-ring (bicyclic) bond motifs is 1. The summed E-state index contributed by atoms with van der Waals surface area (Å²) in [4.78, 5) is 22.7. The van der Waals surface area contributed by atoms with Crippen LogP contribution in [0, 0.1) is 5.92 Å². The monoisotopic (exact) mass is 331 g/mol. The molecule has 2 saturated heterocycles. The number of rotatable bonds is 4. The number of hydrogen-bond donors (Lipinski definition) is 0. The van der Waals surface area contributed by atoms with E-state index in [2.05, 4.69) is 9.97 Å². The number of hydrogen-bond acceptors (Lipinski definition) is 5. The Morgan fingerprint density at radius 2 is 2.17 bits per heavy atom. The molecule has 6 heteroatoms. The quantitative estimate of drug-likeness (QED) is 0.845. The molecule has 0 aromatic carbocycles. The summed E-state index contributed by atoms with van der Waals surface area (Å²) >= 11 is 0. The Morgan fingerprint density at radius 1 is 1.29 bits per heavy atom. The SMILES string of the molecule is O=C(c1ccncn1)N1C[C@@H](OCC2CCCC2)[C@H]2OCCC[C@H]21. The number of ether oxygens (including phenoxy) is 2. The van der Waals surface area contributed by atoms with Gasteiger partial charge in [0.1, 0.15) is 24.2 Å². The van der Waals surface area contributed by atoms with Gasteiger partial charge in [0, 0.05) is 19.4 Å². The minimum absolute atomic E-state index is 0.00550. The van der Waals surface area contributed by atoms with Crippen molar-refractivity contribution in [2.75, 3.05) is 19.8 Å². The summed E-state index contributed by atoms with van der Waals surface area (Å²) in [6, 6.07) is 1.78. The first-order valence-corrected chi connectivity index (χ1v) is 9.13. The minimum Gasteiger partial charge on any atom is -0.373 e. The first-order chi connectivity index (χ1) is 11.8. The predicted molar refractivity (Wildman–Crippen MR) is 87.5 cm³/mol. The van der Waals surface area contributed by atoms with Gasteiger partial charge in [0.05, 0.1) is 12.6 Å². The number of nitrogens with zero attached hydrogens (tertiary/aromatic N) is 3. The molecule has 0 unspecified atom stereocenters. The molecule has 0 radical (unpaired) electrons. The van der Waals surface area contributed by atoms with Gasteiger partial charge in [0.15, 0.2) is 0 Å². The van der Waals surface area contributed by atoms with Crippen LogP contribution in [-0.2, 0) is 9.47 Å². The number of carbonyl (C=O) groups is 1. The van der Waals surface area contributed by atoms with Gasteiger partial charge in [-0.15, -0.1) is 0 Å². The lowest BCUT2D eigenvalue weighted by Gasteiger charge is -2.32. The lowest BCUT2D eigenvalue weighted by Crippen LogP contribution is -2.44. The summed E-state index contributed by atoms with van der Waals surface area (Å²) in [5.74, 6) is 0.642. The molecule has 3 fully saturated rings. The molecule has 24 heavy (non-hydrogen) atoms. The van der Waals surface area contributed by atoms with E-state index in [1.807, 2.05) is 4.90 Å². The molecule has 130 valence electrons. The summed E-state index contributed by atoms with van der Waals surface area (Å²) in [6.45, 7) is 2.16. The summed E-state index contributed by atoms with van der Waals surface area (Å²) in [5, 5.41) is 0. The first kappa shape index (κ1) is 16.0. The standard InChI is InChI=1S/C18H25N3O3/c22-18(14-7-8-19-12-20-14)21-10-16(17-15(21)6-3-9-23-17)24-11-13-4-1-2-5-13/h7-8,12-13,15-17H,1-6,9-11H2/t15-,16-,17+/m1/s1. The second kappa shape index (κ2) is 7.15. The number of amides is 1. The van der Waals surface area contributed by atoms with Crippen molar-refractivity contribution in [1.82, 2.24) is 14.9 Å². The van der Waals surface area contributed by atoms with Crippen LogP contribution in [0.5, 0.6) is 0 Å². The number of carbonyl (C=O) groups excluding carboxylic acids is 1. The van der Waals surface area contributed by atoms with Crippen molar-refractivity contribution in [1.29, 1.82) is 0 Å². The van der Waals surface area contributed by atoms with E-state index < -0.39 is 0 Å². The Bertz CT molecular complexity index is 562. The average molecular weight is 331 g/mol. The molecule has 0 spiro atoms. The van der Waals surface area contributed by atoms with Crippen LogP contribution < -0.4 is 0 Å². The molecule has 3 aliphatic rings. The van der Waals surface area contributed by atoms with Gasteiger partial charge in [-0.05, 0) is 37.7 Å². The largest absolute Gasteiger partial charge is 0.373 e. The molecule has 1 amide bonds. The predicted octanol–water partition coefficient (Wildman–Crippen LogP) is 2.06. The highest BCUT2D eigenvalue weighted by molar-refractivity contribution is 5.92. The van der Waals surface area contributed by atoms with Gasteiger partial charge in [-0.25, -0.2) is 9.97 Å². The van der Waals surface area contributed by atoms with Crippen LogP contribution in [0.4, 0.5) is 0 Å². The summed E-state index contributed by atoms with van der Waals surface area (Å²) in [5.41, 5.74) is 0.450. The van der Waals surface area contributed by atoms with E-state index in [4.69, 9.17) is 9.47 Å². The van der Waals surface area contributed by atoms with Crippen molar-refractivity contribution in [3.8, 4) is 0 Å². The molecule has 1 saturated carbocycles. The van der Waals surface area contributed by atoms with Crippen molar-refractivity contribution in [3.05, 3.63) is 24.3 Å². The zero-order chi connectivity index (χ0) is 16.4. The fourth-order valence-corrected chi connectivity index (χ4v) is 4.29. The van der Waals surface area contributed by atoms with Gasteiger partial charge in [-0.3, -0.25) is 4.79 Å². The molecule has 1 aliphatic carbocycles. The topological polar surface area (TPSA) is 64.6 Å². The van der Waals surface area contributed by atoms with E-state index >= 15 is 0 Å². The van der Waals surface area contributed by atoms with Gasteiger partial charge in [0.2, 0.25) is 0 Å². The first-order valence-electron chi connectivity index (χ1n) is 9.13. The number of likely N-dealkylation sites (tertiary alicyclic amines) is 1. The molecule has 0 N–H and O–H groups in total. The Balaban J connectivity index is 1.45. The van der Waals surface area contributed by atoms with Crippen LogP contribution in [0.15, 0.2) is 18.6 Å². The highest BCUT2D eigenvalue weighted by atomic mass is 16.5. The zero-order valence-electron chi connectivity index (χ0n) is 14.0. The van der Waals surface area contributed by atoms with E-state index in [0.717, 1.165) is 26.1 Å². The fourth-order valence-electron chi connectivity index (χ4n) is 4.29. The smallest absolute Gasteiger partial charge is 0.273 e. The number of aromatic nitrogens is 2. The Hall–Kier alpha value is -1.53. The molecular formula is C18H25N3O3. The third-order valence-electron chi connectivity index (χ3n) is 5.56. The molecule has 3 heterocycles. The van der Waals surface area contributed by atoms with E-state index in [-0.39, 0.29) is 24.2 Å². The van der Waals surface area contributed by atoms with Crippen LogP contribution in [0.3, 0.4) is 0 Å². The second-order valence-corrected chi connectivity index (χ2v) is 7.12. The van der Waals surface area contributed by atoms with Crippen molar-refractivity contribution in [2.24, 2.45) is 5.92 Å². The van der Waals surface area contributed by atoms with Crippen LogP contribution in [-0.4, -0.2) is 58.8 Å². The van der Waals surface area contributed by atoms with Crippen molar-refractivity contribution in [3.63, 3.8) is 0 Å². The van der Waals surface area contributed by atoms with Crippen LogP contribution in [0.25, 0.3) is 0 Å². The van der Waals surface area contributed by atoms with Gasteiger partial charge in [-0.2, -0.15) is 0 Å². The van der Waals surface area contributed by atoms with Crippen molar-refractivity contribution < 1.29 is 14.3 Å². The third kappa shape index (κ3) is 3.17. The van der Waals surface area contributed by atoms with Crippen LogP contribution >= 0.6 is 0 Å². The summed E-state index contributed by atoms with van der Waals surface area (Å²) in [7, 11) is 0. The van der Waals surface area contributed by atoms with Gasteiger partial charge in [0.25, 0.3) is 5.91 Å². The van der Waals surface area contributed by atoms with E-state index in [9.17, 15) is 4.79 Å². The summed E-state index contributed by atoms with van der Waals surface area (Å²) in [6.07, 6.45) is 10.2. The third-order valence-corrected chi connectivity index (χ3v) is 5.56. The normalized spacial score (nSPS) is 30.5.